The van der Waals surface area contributed by atoms with Crippen LogP contribution in [-0.4, -0.2) is 15.2 Å². The molecule has 18 heavy (non-hydrogen) atoms. The first-order chi connectivity index (χ1) is 8.65. The first-order valence-electron chi connectivity index (χ1n) is 5.55. The van der Waals surface area contributed by atoms with Crippen molar-refractivity contribution in [3.05, 3.63) is 40.0 Å². The van der Waals surface area contributed by atoms with E-state index in [1.165, 1.54) is 0 Å². The van der Waals surface area contributed by atoms with E-state index >= 15 is 0 Å². The quantitative estimate of drug-likeness (QED) is 0.645. The van der Waals surface area contributed by atoms with Gasteiger partial charge in [-0.3, -0.25) is 10.1 Å². The van der Waals surface area contributed by atoms with Gasteiger partial charge in [-0.15, -0.1) is 0 Å². The van der Waals surface area contributed by atoms with E-state index in [9.17, 15) is 4.79 Å². The van der Waals surface area contributed by atoms with Gasteiger partial charge in [-0.25, -0.2) is 4.79 Å². The highest BCUT2D eigenvalue weighted by atomic mass is 16.4. The van der Waals surface area contributed by atoms with Crippen LogP contribution in [0.3, 0.4) is 0 Å². The molecular weight excluding hydrogens is 232 g/mol. The molecule has 3 N–H and O–H groups in total. The number of hydrogen-bond donors (Lipinski definition) is 3. The summed E-state index contributed by atoms with van der Waals surface area (Å²) in [6.45, 7) is 3.92. The average molecular weight is 244 g/mol. The van der Waals surface area contributed by atoms with Crippen molar-refractivity contribution in [1.82, 2.24) is 15.2 Å². The van der Waals surface area contributed by atoms with Gasteiger partial charge in [0.05, 0.1) is 5.69 Å². The molecule has 0 amide bonds. The second-order valence-corrected chi connectivity index (χ2v) is 4.14. The Morgan fingerprint density at radius 1 is 1.33 bits per heavy atom. The Hall–Kier alpha value is -2.50. The summed E-state index contributed by atoms with van der Waals surface area (Å²) in [6.07, 6.45) is 0. The molecule has 6 heteroatoms. The number of nitrogens with one attached hydrogen (secondary N) is 3. The van der Waals surface area contributed by atoms with Gasteiger partial charge in [0, 0.05) is 11.3 Å². The third-order valence-corrected chi connectivity index (χ3v) is 2.96. The molecule has 6 nitrogen and oxygen atoms in total. The molecule has 0 radical (unpaired) electrons. The molecular formula is C12H12N4O2. The van der Waals surface area contributed by atoms with E-state index in [-0.39, 0.29) is 0 Å². The number of aromatic amines is 2. The van der Waals surface area contributed by atoms with Gasteiger partial charge in [0.15, 0.2) is 11.4 Å². The van der Waals surface area contributed by atoms with Gasteiger partial charge < -0.3 is 9.73 Å². The molecule has 0 aliphatic carbocycles. The zero-order valence-corrected chi connectivity index (χ0v) is 10.00. The third kappa shape index (κ3) is 1.58. The van der Waals surface area contributed by atoms with E-state index in [4.69, 9.17) is 4.42 Å². The second kappa shape index (κ2) is 3.76. The number of fused-ring (bicyclic) bond motifs is 1. The number of benzene rings is 1. The van der Waals surface area contributed by atoms with Crippen molar-refractivity contribution in [2.75, 3.05) is 5.32 Å². The summed E-state index contributed by atoms with van der Waals surface area (Å²) in [7, 11) is 0. The Bertz CT molecular complexity index is 766. The van der Waals surface area contributed by atoms with Crippen LogP contribution in [-0.2, 0) is 0 Å². The summed E-state index contributed by atoms with van der Waals surface area (Å²) >= 11 is 0. The van der Waals surface area contributed by atoms with E-state index in [1.54, 1.807) is 6.07 Å². The minimum atomic E-state index is -0.464. The zero-order chi connectivity index (χ0) is 12.7. The number of H-pyrrole nitrogens is 2. The average Bonchev–Trinajstić information content (AvgIpc) is 2.86. The summed E-state index contributed by atoms with van der Waals surface area (Å²) in [5.41, 5.74) is 3.97. The molecule has 0 saturated heterocycles. The Morgan fingerprint density at radius 2 is 2.17 bits per heavy atom. The molecule has 0 saturated carbocycles. The van der Waals surface area contributed by atoms with Crippen LogP contribution in [0.1, 0.15) is 11.3 Å². The summed E-state index contributed by atoms with van der Waals surface area (Å²) in [5.74, 6) is 0.274. The van der Waals surface area contributed by atoms with Gasteiger partial charge >= 0.3 is 5.76 Å². The van der Waals surface area contributed by atoms with Crippen molar-refractivity contribution in [2.45, 2.75) is 13.8 Å². The lowest BCUT2D eigenvalue weighted by molar-refractivity contribution is 0.555. The maximum absolute atomic E-state index is 11.2. The normalized spacial score (nSPS) is 11.0. The lowest BCUT2D eigenvalue weighted by atomic mass is 10.2. The van der Waals surface area contributed by atoms with Crippen molar-refractivity contribution in [2.24, 2.45) is 0 Å². The molecule has 2 heterocycles. The topological polar surface area (TPSA) is 86.7 Å². The van der Waals surface area contributed by atoms with E-state index < -0.39 is 5.76 Å². The van der Waals surface area contributed by atoms with Crippen LogP contribution in [0.4, 0.5) is 11.5 Å². The van der Waals surface area contributed by atoms with Crippen LogP contribution in [0.5, 0.6) is 0 Å². The Labute approximate surface area is 102 Å². The fourth-order valence-corrected chi connectivity index (χ4v) is 1.81. The van der Waals surface area contributed by atoms with Crippen LogP contribution < -0.4 is 11.1 Å². The van der Waals surface area contributed by atoms with E-state index in [1.807, 2.05) is 26.0 Å². The smallest absolute Gasteiger partial charge is 0.408 e. The first-order valence-corrected chi connectivity index (χ1v) is 5.55. The molecule has 0 atom stereocenters. The fourth-order valence-electron chi connectivity index (χ4n) is 1.81. The summed E-state index contributed by atoms with van der Waals surface area (Å²) in [5, 5.41) is 10.2. The maximum atomic E-state index is 11.2. The zero-order valence-electron chi connectivity index (χ0n) is 10.00. The monoisotopic (exact) mass is 244 g/mol. The lowest BCUT2D eigenvalue weighted by Crippen LogP contribution is -1.96. The Morgan fingerprint density at radius 3 is 2.89 bits per heavy atom. The summed E-state index contributed by atoms with van der Waals surface area (Å²) in [6, 6.07) is 5.41. The fraction of sp³-hybridized carbons (Fsp3) is 0.167. The largest absolute Gasteiger partial charge is 0.417 e. The summed E-state index contributed by atoms with van der Waals surface area (Å²) in [4.78, 5) is 13.8. The minimum Gasteiger partial charge on any atom is -0.408 e. The highest BCUT2D eigenvalue weighted by molar-refractivity contribution is 5.88. The van der Waals surface area contributed by atoms with Crippen LogP contribution in [0, 0.1) is 13.8 Å². The van der Waals surface area contributed by atoms with Gasteiger partial charge in [-0.2, -0.15) is 5.10 Å². The van der Waals surface area contributed by atoms with Crippen molar-refractivity contribution in [1.29, 1.82) is 0 Å². The minimum absolute atomic E-state index is 0.464. The van der Waals surface area contributed by atoms with Gasteiger partial charge in [-0.1, -0.05) is 6.07 Å². The molecule has 0 aliphatic heterocycles. The van der Waals surface area contributed by atoms with Crippen molar-refractivity contribution in [3.63, 3.8) is 0 Å². The van der Waals surface area contributed by atoms with Gasteiger partial charge in [0.25, 0.3) is 0 Å². The van der Waals surface area contributed by atoms with Crippen LogP contribution in [0.15, 0.2) is 27.4 Å². The number of para-hydroxylation sites is 1. The standard InChI is InChI=1S/C12H12N4O2/c1-6-7(2)15-16-11(6)13-8-4-3-5-9-10(8)14-12(17)18-9/h3-5H,1-2H3,(H,14,17)(H2,13,15,16). The summed E-state index contributed by atoms with van der Waals surface area (Å²) < 4.78 is 5.00. The van der Waals surface area contributed by atoms with Gasteiger partial charge in [-0.05, 0) is 26.0 Å². The Kier molecular flexibility index (Phi) is 2.22. The molecule has 0 aliphatic rings. The van der Waals surface area contributed by atoms with E-state index in [0.717, 1.165) is 22.8 Å². The Balaban J connectivity index is 2.10. The number of hydrogen-bond acceptors (Lipinski definition) is 4. The number of nitrogens with zero attached hydrogens (tertiary/aromatic N) is 1. The van der Waals surface area contributed by atoms with Crippen molar-refractivity contribution in [3.8, 4) is 0 Å². The number of anilines is 2. The number of aryl methyl sites for hydroxylation is 1. The number of aromatic nitrogens is 3. The molecule has 3 aromatic rings. The number of oxazole rings is 1. The van der Waals surface area contributed by atoms with Crippen LogP contribution in [0.25, 0.3) is 11.1 Å². The van der Waals surface area contributed by atoms with Gasteiger partial charge in [0.1, 0.15) is 5.52 Å². The van der Waals surface area contributed by atoms with Crippen LogP contribution >= 0.6 is 0 Å². The van der Waals surface area contributed by atoms with E-state index in [0.29, 0.717) is 11.1 Å². The second-order valence-electron chi connectivity index (χ2n) is 4.14. The highest BCUT2D eigenvalue weighted by Gasteiger charge is 2.10. The molecule has 0 spiro atoms. The first kappa shape index (κ1) is 10.6. The molecule has 0 bridgehead atoms. The molecule has 0 fully saturated rings. The lowest BCUT2D eigenvalue weighted by Gasteiger charge is -2.04. The van der Waals surface area contributed by atoms with Crippen molar-refractivity contribution >= 4 is 22.6 Å². The molecule has 92 valence electrons. The van der Waals surface area contributed by atoms with Crippen molar-refractivity contribution < 1.29 is 4.42 Å². The van der Waals surface area contributed by atoms with E-state index in [2.05, 4.69) is 20.5 Å². The predicted octanol–water partition coefficient (Wildman–Crippen LogP) is 2.20. The maximum Gasteiger partial charge on any atom is 0.417 e. The predicted molar refractivity (Wildman–Crippen MR) is 68.2 cm³/mol. The number of rotatable bonds is 2. The molecule has 1 aromatic carbocycles. The van der Waals surface area contributed by atoms with Gasteiger partial charge in [0.2, 0.25) is 0 Å². The highest BCUT2D eigenvalue weighted by Crippen LogP contribution is 2.25. The van der Waals surface area contributed by atoms with Crippen LogP contribution in [0.2, 0.25) is 0 Å². The molecule has 3 rings (SSSR count). The molecule has 2 aromatic heterocycles. The SMILES string of the molecule is Cc1[nH]nc(Nc2cccc3oc(=O)[nH]c23)c1C. The molecule has 0 unspecified atom stereocenters. The third-order valence-electron chi connectivity index (χ3n) is 2.96.